The lowest BCUT2D eigenvalue weighted by Gasteiger charge is -2.12. The van der Waals surface area contributed by atoms with E-state index in [4.69, 9.17) is 4.98 Å². The molecule has 4 rings (SSSR count). The Kier molecular flexibility index (Phi) is 6.25. The van der Waals surface area contributed by atoms with E-state index in [-0.39, 0.29) is 17.2 Å². The van der Waals surface area contributed by atoms with Crippen molar-refractivity contribution in [1.29, 1.82) is 0 Å². The van der Waals surface area contributed by atoms with Crippen LogP contribution in [0.15, 0.2) is 64.5 Å². The van der Waals surface area contributed by atoms with Gasteiger partial charge in [-0.15, -0.1) is 11.3 Å². The highest BCUT2D eigenvalue weighted by Crippen LogP contribution is 2.27. The summed E-state index contributed by atoms with van der Waals surface area (Å²) in [6.45, 7) is 6.02. The van der Waals surface area contributed by atoms with Gasteiger partial charge >= 0.3 is 0 Å². The average molecular weight is 450 g/mol. The molecule has 31 heavy (non-hydrogen) atoms. The molecule has 0 unspecified atom stereocenters. The number of fused-ring (bicyclic) bond motifs is 1. The van der Waals surface area contributed by atoms with E-state index in [2.05, 4.69) is 12.2 Å². The van der Waals surface area contributed by atoms with Gasteiger partial charge in [0.1, 0.15) is 4.83 Å². The number of thioether (sulfide) groups is 1. The van der Waals surface area contributed by atoms with Crippen LogP contribution in [0.4, 0.5) is 5.69 Å². The van der Waals surface area contributed by atoms with Gasteiger partial charge in [-0.1, -0.05) is 49.0 Å². The molecule has 0 saturated carbocycles. The molecule has 4 aromatic rings. The molecule has 158 valence electrons. The van der Waals surface area contributed by atoms with E-state index < -0.39 is 0 Å². The fraction of sp³-hybridized carbons (Fsp3) is 0.208. The van der Waals surface area contributed by atoms with Crippen LogP contribution in [0.25, 0.3) is 15.9 Å². The van der Waals surface area contributed by atoms with E-state index in [0.717, 1.165) is 33.8 Å². The second kappa shape index (κ2) is 9.08. The third kappa shape index (κ3) is 4.57. The number of nitrogens with one attached hydrogen (secondary N) is 1. The van der Waals surface area contributed by atoms with Crippen molar-refractivity contribution in [2.24, 2.45) is 0 Å². The molecule has 2 heterocycles. The number of anilines is 1. The number of nitrogens with zero attached hydrogens (tertiary/aromatic N) is 2. The predicted molar refractivity (Wildman–Crippen MR) is 130 cm³/mol. The molecule has 0 fully saturated rings. The summed E-state index contributed by atoms with van der Waals surface area (Å²) in [6.07, 6.45) is 0.854. The zero-order chi connectivity index (χ0) is 22.0. The van der Waals surface area contributed by atoms with Gasteiger partial charge in [0.25, 0.3) is 5.56 Å². The summed E-state index contributed by atoms with van der Waals surface area (Å²) in [5.41, 5.74) is 3.53. The largest absolute Gasteiger partial charge is 0.325 e. The Balaban J connectivity index is 1.67. The summed E-state index contributed by atoms with van der Waals surface area (Å²) in [5, 5.41) is 4.11. The first-order valence-electron chi connectivity index (χ1n) is 10.1. The van der Waals surface area contributed by atoms with Gasteiger partial charge in [0.05, 0.1) is 16.8 Å². The Morgan fingerprint density at radius 1 is 1.13 bits per heavy atom. The highest BCUT2D eigenvalue weighted by Gasteiger charge is 2.17. The average Bonchev–Trinajstić information content (AvgIpc) is 3.19. The maximum atomic E-state index is 13.3. The zero-order valence-electron chi connectivity index (χ0n) is 17.6. The van der Waals surface area contributed by atoms with Gasteiger partial charge in [-0.05, 0) is 55.7 Å². The van der Waals surface area contributed by atoms with Crippen molar-refractivity contribution >= 4 is 44.9 Å². The van der Waals surface area contributed by atoms with Crippen LogP contribution in [0.1, 0.15) is 22.9 Å². The van der Waals surface area contributed by atoms with Crippen molar-refractivity contribution in [3.05, 3.63) is 81.0 Å². The van der Waals surface area contributed by atoms with Crippen molar-refractivity contribution in [3.8, 4) is 5.69 Å². The Hall–Kier alpha value is -2.90. The zero-order valence-corrected chi connectivity index (χ0v) is 19.3. The molecule has 0 aliphatic rings. The number of carbonyl (C=O) groups excluding carboxylic acids is 1. The number of para-hydroxylation sites is 1. The third-order valence-corrected chi connectivity index (χ3v) is 7.06. The van der Waals surface area contributed by atoms with Gasteiger partial charge in [0.15, 0.2) is 5.16 Å². The Bertz CT molecular complexity index is 1310. The first-order chi connectivity index (χ1) is 15.0. The minimum atomic E-state index is -0.131. The molecule has 7 heteroatoms. The quantitative estimate of drug-likeness (QED) is 0.318. The number of hydrogen-bond donors (Lipinski definition) is 1. The molecule has 2 aromatic carbocycles. The van der Waals surface area contributed by atoms with Crippen LogP contribution < -0.4 is 10.9 Å². The molecule has 5 nitrogen and oxygen atoms in total. The second-order valence-electron chi connectivity index (χ2n) is 7.31. The number of thiophene rings is 1. The van der Waals surface area contributed by atoms with Crippen LogP contribution in [0, 0.1) is 13.8 Å². The van der Waals surface area contributed by atoms with Gasteiger partial charge in [0, 0.05) is 10.6 Å². The lowest BCUT2D eigenvalue weighted by molar-refractivity contribution is -0.113. The molecule has 1 N–H and O–H groups in total. The van der Waals surface area contributed by atoms with E-state index >= 15 is 0 Å². The molecule has 0 aliphatic heterocycles. The molecular weight excluding hydrogens is 426 g/mol. The van der Waals surface area contributed by atoms with Gasteiger partial charge in [0.2, 0.25) is 5.91 Å². The summed E-state index contributed by atoms with van der Waals surface area (Å²) >= 11 is 2.80. The maximum absolute atomic E-state index is 13.3. The van der Waals surface area contributed by atoms with E-state index in [1.165, 1.54) is 23.1 Å². The number of amides is 1. The van der Waals surface area contributed by atoms with Crippen molar-refractivity contribution in [1.82, 2.24) is 9.55 Å². The Labute approximate surface area is 189 Å². The van der Waals surface area contributed by atoms with E-state index in [1.54, 1.807) is 4.57 Å². The number of aromatic nitrogens is 2. The SMILES string of the molecule is CCc1cc2c(=O)n(-c3ccccc3)c(SCC(=O)Nc3cc(C)ccc3C)nc2s1. The number of rotatable bonds is 6. The van der Waals surface area contributed by atoms with Crippen molar-refractivity contribution in [2.75, 3.05) is 11.1 Å². The summed E-state index contributed by atoms with van der Waals surface area (Å²) in [6, 6.07) is 17.3. The summed E-state index contributed by atoms with van der Waals surface area (Å²) in [4.78, 5) is 32.6. The first kappa shape index (κ1) is 21.3. The predicted octanol–water partition coefficient (Wildman–Crippen LogP) is 5.36. The number of hydrogen-bond acceptors (Lipinski definition) is 5. The highest BCUT2D eigenvalue weighted by molar-refractivity contribution is 7.99. The highest BCUT2D eigenvalue weighted by atomic mass is 32.2. The second-order valence-corrected chi connectivity index (χ2v) is 9.37. The van der Waals surface area contributed by atoms with Crippen LogP contribution in [0.5, 0.6) is 0 Å². The number of benzene rings is 2. The molecular formula is C24H23N3O2S2. The molecule has 2 aromatic heterocycles. The van der Waals surface area contributed by atoms with Crippen LogP contribution in [-0.2, 0) is 11.2 Å². The first-order valence-corrected chi connectivity index (χ1v) is 11.9. The summed E-state index contributed by atoms with van der Waals surface area (Å²) in [7, 11) is 0. The molecule has 0 bridgehead atoms. The van der Waals surface area contributed by atoms with E-state index in [0.29, 0.717) is 15.4 Å². The Morgan fingerprint density at radius 2 is 1.90 bits per heavy atom. The van der Waals surface area contributed by atoms with Crippen LogP contribution in [0.3, 0.4) is 0 Å². The van der Waals surface area contributed by atoms with Crippen molar-refractivity contribution in [2.45, 2.75) is 32.3 Å². The van der Waals surface area contributed by atoms with Gasteiger partial charge in [-0.2, -0.15) is 0 Å². The fourth-order valence-corrected chi connectivity index (χ4v) is 5.10. The fourth-order valence-electron chi connectivity index (χ4n) is 3.27. The monoisotopic (exact) mass is 449 g/mol. The molecule has 0 aliphatic carbocycles. The summed E-state index contributed by atoms with van der Waals surface area (Å²) in [5.74, 6) is 0.0255. The number of aryl methyl sites for hydroxylation is 3. The third-order valence-electron chi connectivity index (χ3n) is 4.95. The van der Waals surface area contributed by atoms with E-state index in [1.807, 2.05) is 68.4 Å². The van der Waals surface area contributed by atoms with Crippen molar-refractivity contribution < 1.29 is 4.79 Å². The lowest BCUT2D eigenvalue weighted by atomic mass is 10.1. The van der Waals surface area contributed by atoms with Gasteiger partial charge < -0.3 is 5.32 Å². The topological polar surface area (TPSA) is 64.0 Å². The smallest absolute Gasteiger partial charge is 0.267 e. The van der Waals surface area contributed by atoms with E-state index in [9.17, 15) is 9.59 Å². The summed E-state index contributed by atoms with van der Waals surface area (Å²) < 4.78 is 1.60. The van der Waals surface area contributed by atoms with Crippen LogP contribution >= 0.6 is 23.1 Å². The lowest BCUT2D eigenvalue weighted by Crippen LogP contribution is -2.22. The number of carbonyl (C=O) groups is 1. The van der Waals surface area contributed by atoms with Gasteiger partial charge in [-0.25, -0.2) is 4.98 Å². The minimum absolute atomic E-state index is 0.107. The van der Waals surface area contributed by atoms with Crippen LogP contribution in [-0.4, -0.2) is 21.2 Å². The standard InChI is InChI=1S/C24H23N3O2S2/c1-4-18-13-19-22(31-18)26-24(27(23(19)29)17-8-6-5-7-9-17)30-14-21(28)25-20-12-15(2)10-11-16(20)3/h5-13H,4,14H2,1-3H3,(H,25,28). The molecule has 0 spiro atoms. The normalized spacial score (nSPS) is 11.1. The van der Waals surface area contributed by atoms with Crippen LogP contribution in [0.2, 0.25) is 0 Å². The minimum Gasteiger partial charge on any atom is -0.325 e. The molecule has 1 amide bonds. The molecule has 0 atom stereocenters. The van der Waals surface area contributed by atoms with Crippen molar-refractivity contribution in [3.63, 3.8) is 0 Å². The van der Waals surface area contributed by atoms with Gasteiger partial charge in [-0.3, -0.25) is 14.2 Å². The molecule has 0 radical (unpaired) electrons. The maximum Gasteiger partial charge on any atom is 0.267 e. The Morgan fingerprint density at radius 3 is 2.65 bits per heavy atom. The molecule has 0 saturated heterocycles.